The van der Waals surface area contributed by atoms with E-state index in [4.69, 9.17) is 9.84 Å². The lowest BCUT2D eigenvalue weighted by molar-refractivity contribution is -0.124. The molecule has 3 N–H and O–H groups in total. The average Bonchev–Trinajstić information content (AvgIpc) is 3.47. The van der Waals surface area contributed by atoms with Gasteiger partial charge in [-0.25, -0.2) is 4.79 Å². The summed E-state index contributed by atoms with van der Waals surface area (Å²) in [6.07, 6.45) is 6.44. The first-order valence-electron chi connectivity index (χ1n) is 13.4. The van der Waals surface area contributed by atoms with Crippen molar-refractivity contribution < 1.29 is 19.4 Å². The molecule has 1 aliphatic heterocycles. The number of amides is 3. The van der Waals surface area contributed by atoms with Gasteiger partial charge in [-0.15, -0.1) is 0 Å². The lowest BCUT2D eigenvalue weighted by Crippen LogP contribution is -2.47. The van der Waals surface area contributed by atoms with Gasteiger partial charge in [0.1, 0.15) is 5.75 Å². The van der Waals surface area contributed by atoms with Gasteiger partial charge in [0, 0.05) is 35.1 Å². The van der Waals surface area contributed by atoms with Crippen molar-refractivity contribution in [2.75, 3.05) is 7.11 Å². The summed E-state index contributed by atoms with van der Waals surface area (Å²) in [5.41, 5.74) is 3.39. The maximum absolute atomic E-state index is 13.2. The number of nitrogens with one attached hydrogen (secondary N) is 2. The lowest BCUT2D eigenvalue weighted by atomic mass is 9.88. The zero-order valence-corrected chi connectivity index (χ0v) is 22.3. The van der Waals surface area contributed by atoms with Crippen LogP contribution in [-0.2, 0) is 23.4 Å². The molecule has 2 fully saturated rings. The van der Waals surface area contributed by atoms with Crippen LogP contribution in [-0.4, -0.2) is 38.5 Å². The second-order valence-corrected chi connectivity index (χ2v) is 11.0. The number of ether oxygens (including phenoxy) is 1. The first-order valence-corrected chi connectivity index (χ1v) is 13.4. The van der Waals surface area contributed by atoms with E-state index in [1.54, 1.807) is 23.9 Å². The number of aromatic nitrogens is 3. The predicted octanol–water partition coefficient (Wildman–Crippen LogP) is 4.83. The fourth-order valence-corrected chi connectivity index (χ4v) is 5.76. The highest BCUT2D eigenvalue weighted by atomic mass is 16.5. The summed E-state index contributed by atoms with van der Waals surface area (Å²) in [7, 11) is 1.56. The Morgan fingerprint density at radius 1 is 1.02 bits per heavy atom. The molecule has 1 aliphatic carbocycles. The topological polar surface area (TPSA) is 110 Å². The highest BCUT2D eigenvalue weighted by molar-refractivity contribution is 6.07. The number of fused-ring (bicyclic) bond motifs is 2. The van der Waals surface area contributed by atoms with Crippen molar-refractivity contribution in [1.29, 1.82) is 0 Å². The van der Waals surface area contributed by atoms with Crippen LogP contribution >= 0.6 is 0 Å². The summed E-state index contributed by atoms with van der Waals surface area (Å²) in [6.45, 7) is 3.05. The first kappa shape index (κ1) is 24.3. The van der Waals surface area contributed by atoms with Crippen molar-refractivity contribution in [2.45, 2.75) is 38.4 Å². The van der Waals surface area contributed by atoms with E-state index in [-0.39, 0.29) is 12.4 Å². The first-order chi connectivity index (χ1) is 19.3. The summed E-state index contributed by atoms with van der Waals surface area (Å²) in [5, 5.41) is 23.5. The number of rotatable bonds is 7. The quantitative estimate of drug-likeness (QED) is 0.259. The normalized spacial score (nSPS) is 18.9. The number of nitrogens with zero attached hydrogens (tertiary/aromatic N) is 3. The van der Waals surface area contributed by atoms with Gasteiger partial charge >= 0.3 is 6.03 Å². The average molecular weight is 536 g/mol. The molecule has 202 valence electrons. The summed E-state index contributed by atoms with van der Waals surface area (Å²) in [5.74, 6) is 0.878. The van der Waals surface area contributed by atoms with Crippen molar-refractivity contribution >= 4 is 33.6 Å². The van der Waals surface area contributed by atoms with Gasteiger partial charge < -0.3 is 19.7 Å². The summed E-state index contributed by atoms with van der Waals surface area (Å²) in [4.78, 5) is 25.6. The van der Waals surface area contributed by atoms with Crippen LogP contribution in [0.4, 0.5) is 4.79 Å². The zero-order valence-electron chi connectivity index (χ0n) is 22.3. The molecule has 9 heteroatoms. The van der Waals surface area contributed by atoms with Crippen LogP contribution in [0.3, 0.4) is 0 Å². The molecule has 1 saturated carbocycles. The minimum atomic E-state index is -1.39. The van der Waals surface area contributed by atoms with Gasteiger partial charge in [0.2, 0.25) is 0 Å². The minimum Gasteiger partial charge on any atom is -0.497 e. The molecule has 3 aromatic carbocycles. The number of carbonyl (C=O) groups is 2. The Balaban J connectivity index is 1.24. The Labute approximate surface area is 230 Å². The molecular weight excluding hydrogens is 506 g/mol. The summed E-state index contributed by atoms with van der Waals surface area (Å²) >= 11 is 0. The summed E-state index contributed by atoms with van der Waals surface area (Å²) < 4.78 is 8.93. The van der Waals surface area contributed by atoms with Gasteiger partial charge in [0.25, 0.3) is 5.91 Å². The number of aromatic hydroxyl groups is 1. The maximum Gasteiger partial charge on any atom is 0.322 e. The number of carbonyl (C=O) groups excluding carboxylic acids is 2. The van der Waals surface area contributed by atoms with Gasteiger partial charge in [-0.2, -0.15) is 5.10 Å². The Bertz CT molecular complexity index is 1820. The van der Waals surface area contributed by atoms with Gasteiger partial charge in [-0.3, -0.25) is 14.8 Å². The SMILES string of the molecule is COc1ccc2cn(C[C@@]3(c4ccc(-c5cc(C)c6nn(CC7CC7)cc6c5)cc4)NC(=O)NC3=O)c(O)c2c1. The van der Waals surface area contributed by atoms with Crippen molar-refractivity contribution in [2.24, 2.45) is 5.92 Å². The van der Waals surface area contributed by atoms with Crippen molar-refractivity contribution in [1.82, 2.24) is 25.0 Å². The molecule has 40 heavy (non-hydrogen) atoms. The molecular formula is C31H29N5O4. The number of hydrogen-bond acceptors (Lipinski definition) is 5. The van der Waals surface area contributed by atoms with Gasteiger partial charge in [0.15, 0.2) is 11.4 Å². The molecule has 1 atom stereocenters. The molecule has 0 bridgehead atoms. The number of methoxy groups -OCH3 is 1. The third-order valence-corrected chi connectivity index (χ3v) is 8.12. The van der Waals surface area contributed by atoms with Crippen molar-refractivity contribution in [3.8, 4) is 22.8 Å². The molecule has 0 spiro atoms. The molecule has 3 amide bonds. The standard InChI is InChI=1S/C31H29N5O4/c1-18-11-22(12-23-16-36(34-27(18)23)14-19-3-4-19)20-5-8-24(9-6-20)31(29(38)32-30(39)33-31)17-35-15-21-7-10-25(40-2)13-26(21)28(35)37/h5-13,15-16,19,37H,3-4,14,17H2,1-2H3,(H2,32,33,38,39)/t31-/m0/s1. The number of imide groups is 1. The van der Waals surface area contributed by atoms with Gasteiger partial charge in [-0.05, 0) is 78.3 Å². The Kier molecular flexibility index (Phi) is 5.38. The van der Waals surface area contributed by atoms with E-state index >= 15 is 0 Å². The molecule has 2 aliphatic rings. The van der Waals surface area contributed by atoms with Crippen LogP contribution in [0.25, 0.3) is 32.8 Å². The molecule has 0 radical (unpaired) electrons. The molecule has 0 unspecified atom stereocenters. The van der Waals surface area contributed by atoms with Gasteiger partial charge in [0.05, 0.1) is 19.2 Å². The zero-order chi connectivity index (χ0) is 27.6. The Hall–Kier alpha value is -4.79. The smallest absolute Gasteiger partial charge is 0.322 e. The Morgan fingerprint density at radius 2 is 1.82 bits per heavy atom. The van der Waals surface area contributed by atoms with E-state index in [1.807, 2.05) is 36.4 Å². The van der Waals surface area contributed by atoms with Crippen LogP contribution in [0.5, 0.6) is 11.6 Å². The minimum absolute atomic E-state index is 0.00939. The number of hydrogen-bond donors (Lipinski definition) is 3. The fraction of sp³-hybridized carbons (Fsp3) is 0.258. The second-order valence-electron chi connectivity index (χ2n) is 11.0. The fourth-order valence-electron chi connectivity index (χ4n) is 5.76. The van der Waals surface area contributed by atoms with Crippen LogP contribution in [0.15, 0.2) is 67.0 Å². The predicted molar refractivity (Wildman–Crippen MR) is 151 cm³/mol. The van der Waals surface area contributed by atoms with Gasteiger partial charge in [-0.1, -0.05) is 24.3 Å². The van der Waals surface area contributed by atoms with E-state index in [1.165, 1.54) is 12.8 Å². The monoisotopic (exact) mass is 535 g/mol. The van der Waals surface area contributed by atoms with E-state index in [0.717, 1.165) is 45.4 Å². The highest BCUT2D eigenvalue weighted by Crippen LogP contribution is 2.36. The summed E-state index contributed by atoms with van der Waals surface area (Å²) in [6, 6.07) is 16.7. The van der Waals surface area contributed by atoms with Crippen LogP contribution in [0.2, 0.25) is 0 Å². The van der Waals surface area contributed by atoms with Crippen LogP contribution in [0, 0.1) is 12.8 Å². The van der Waals surface area contributed by atoms with E-state index in [2.05, 4.69) is 40.6 Å². The number of urea groups is 1. The van der Waals surface area contributed by atoms with Crippen LogP contribution in [0.1, 0.15) is 24.0 Å². The lowest BCUT2D eigenvalue weighted by Gasteiger charge is -2.27. The molecule has 2 aromatic heterocycles. The highest BCUT2D eigenvalue weighted by Gasteiger charge is 2.48. The number of benzene rings is 3. The van der Waals surface area contributed by atoms with E-state index in [9.17, 15) is 14.7 Å². The molecule has 7 rings (SSSR count). The van der Waals surface area contributed by atoms with E-state index < -0.39 is 17.5 Å². The third kappa shape index (κ3) is 3.97. The van der Waals surface area contributed by atoms with Crippen molar-refractivity contribution in [3.05, 3.63) is 78.1 Å². The largest absolute Gasteiger partial charge is 0.497 e. The second kappa shape index (κ2) is 8.87. The number of aryl methyl sites for hydroxylation is 1. The molecule has 5 aromatic rings. The Morgan fingerprint density at radius 3 is 2.52 bits per heavy atom. The maximum atomic E-state index is 13.2. The van der Waals surface area contributed by atoms with E-state index in [0.29, 0.717) is 16.7 Å². The molecule has 1 saturated heterocycles. The van der Waals surface area contributed by atoms with Crippen LogP contribution < -0.4 is 15.4 Å². The molecule has 9 nitrogen and oxygen atoms in total. The van der Waals surface area contributed by atoms with Crippen molar-refractivity contribution in [3.63, 3.8) is 0 Å². The third-order valence-electron chi connectivity index (χ3n) is 8.12. The molecule has 3 heterocycles.